The van der Waals surface area contributed by atoms with Crippen molar-refractivity contribution in [1.82, 2.24) is 9.88 Å². The zero-order valence-electron chi connectivity index (χ0n) is 12.1. The summed E-state index contributed by atoms with van der Waals surface area (Å²) < 4.78 is 0. The average Bonchev–Trinajstić information content (AvgIpc) is 3.38. The number of pyridine rings is 1. The summed E-state index contributed by atoms with van der Waals surface area (Å²) in [5.41, 5.74) is 2.12. The van der Waals surface area contributed by atoms with E-state index >= 15 is 0 Å². The molecular formula is C17H17ClN2O2. The molecule has 1 aromatic carbocycles. The fraction of sp³-hybridized carbons (Fsp3) is 0.294. The number of hydrogen-bond acceptors (Lipinski definition) is 3. The van der Waals surface area contributed by atoms with Crippen LogP contribution in [0.4, 0.5) is 0 Å². The Morgan fingerprint density at radius 1 is 1.32 bits per heavy atom. The molecule has 1 amide bonds. The predicted molar refractivity (Wildman–Crippen MR) is 85.8 cm³/mol. The van der Waals surface area contributed by atoms with E-state index in [4.69, 9.17) is 11.6 Å². The van der Waals surface area contributed by atoms with E-state index in [0.29, 0.717) is 17.1 Å². The van der Waals surface area contributed by atoms with Gasteiger partial charge in [0.05, 0.1) is 22.9 Å². The number of aliphatic hydroxyl groups excluding tert-OH is 1. The lowest BCUT2D eigenvalue weighted by Gasteiger charge is -2.22. The molecule has 0 bridgehead atoms. The molecule has 22 heavy (non-hydrogen) atoms. The van der Waals surface area contributed by atoms with Gasteiger partial charge in [-0.05, 0) is 37.1 Å². The summed E-state index contributed by atoms with van der Waals surface area (Å²) in [6.45, 7) is 0.299. The number of benzene rings is 1. The molecule has 114 valence electrons. The minimum atomic E-state index is -0.126. The van der Waals surface area contributed by atoms with Crippen molar-refractivity contribution in [2.75, 3.05) is 13.2 Å². The number of aromatic nitrogens is 1. The van der Waals surface area contributed by atoms with Crippen molar-refractivity contribution in [3.8, 4) is 11.3 Å². The van der Waals surface area contributed by atoms with E-state index in [0.717, 1.165) is 24.1 Å². The summed E-state index contributed by atoms with van der Waals surface area (Å²) in [7, 11) is 0. The molecule has 1 heterocycles. The average molecular weight is 317 g/mol. The van der Waals surface area contributed by atoms with Gasteiger partial charge in [0.1, 0.15) is 0 Å². The summed E-state index contributed by atoms with van der Waals surface area (Å²) in [5, 5.41) is 9.60. The highest BCUT2D eigenvalue weighted by atomic mass is 35.5. The molecule has 4 nitrogen and oxygen atoms in total. The quantitative estimate of drug-likeness (QED) is 0.922. The zero-order valence-corrected chi connectivity index (χ0v) is 12.8. The third kappa shape index (κ3) is 3.13. The number of carbonyl (C=O) groups is 1. The summed E-state index contributed by atoms with van der Waals surface area (Å²) in [6, 6.07) is 11.2. The highest BCUT2D eigenvalue weighted by Gasteiger charge is 2.33. The van der Waals surface area contributed by atoms with Crippen LogP contribution in [-0.2, 0) is 0 Å². The Kier molecular flexibility index (Phi) is 4.41. The molecule has 0 saturated heterocycles. The van der Waals surface area contributed by atoms with Crippen LogP contribution in [0.2, 0.25) is 5.02 Å². The van der Waals surface area contributed by atoms with Crippen LogP contribution in [-0.4, -0.2) is 40.1 Å². The van der Waals surface area contributed by atoms with Gasteiger partial charge in [0.2, 0.25) is 0 Å². The van der Waals surface area contributed by atoms with Gasteiger partial charge in [0, 0.05) is 24.3 Å². The topological polar surface area (TPSA) is 53.4 Å². The minimum absolute atomic E-state index is 0.0419. The molecule has 1 aliphatic rings. The molecule has 1 saturated carbocycles. The Hall–Kier alpha value is -1.91. The Balaban J connectivity index is 1.94. The first kappa shape index (κ1) is 15.0. The second-order valence-electron chi connectivity index (χ2n) is 5.36. The van der Waals surface area contributed by atoms with E-state index in [2.05, 4.69) is 4.98 Å². The largest absolute Gasteiger partial charge is 0.395 e. The lowest BCUT2D eigenvalue weighted by Crippen LogP contribution is -2.35. The molecule has 0 unspecified atom stereocenters. The van der Waals surface area contributed by atoms with E-state index < -0.39 is 0 Å². The SMILES string of the molecule is O=C(c1cc(-c2ccccn2)ccc1Cl)N(CCO)C1CC1. The van der Waals surface area contributed by atoms with Crippen LogP contribution in [0.15, 0.2) is 42.6 Å². The van der Waals surface area contributed by atoms with E-state index in [1.54, 1.807) is 23.2 Å². The van der Waals surface area contributed by atoms with E-state index in [-0.39, 0.29) is 18.6 Å². The summed E-state index contributed by atoms with van der Waals surface area (Å²) in [4.78, 5) is 18.7. The maximum Gasteiger partial charge on any atom is 0.255 e. The Labute approximate surface area is 134 Å². The van der Waals surface area contributed by atoms with Gasteiger partial charge in [-0.2, -0.15) is 0 Å². The number of nitrogens with zero attached hydrogens (tertiary/aromatic N) is 2. The number of aliphatic hydroxyl groups is 1. The smallest absolute Gasteiger partial charge is 0.255 e. The number of rotatable bonds is 5. The van der Waals surface area contributed by atoms with Crippen LogP contribution in [0.3, 0.4) is 0 Å². The van der Waals surface area contributed by atoms with Crippen molar-refractivity contribution < 1.29 is 9.90 Å². The lowest BCUT2D eigenvalue weighted by atomic mass is 10.1. The third-order valence-corrected chi connectivity index (χ3v) is 4.08. The molecule has 1 fully saturated rings. The fourth-order valence-corrected chi connectivity index (χ4v) is 2.68. The lowest BCUT2D eigenvalue weighted by molar-refractivity contribution is 0.0708. The molecule has 3 rings (SSSR count). The molecule has 1 aromatic heterocycles. The van der Waals surface area contributed by atoms with Crippen molar-refractivity contribution in [2.24, 2.45) is 0 Å². The standard InChI is InChI=1S/C17H17ClN2O2/c18-15-7-4-12(16-3-1-2-8-19-16)11-14(15)17(22)20(9-10-21)13-5-6-13/h1-4,7-8,11,13,21H,5-6,9-10H2. The van der Waals surface area contributed by atoms with Crippen molar-refractivity contribution in [3.63, 3.8) is 0 Å². The van der Waals surface area contributed by atoms with Gasteiger partial charge in [-0.1, -0.05) is 23.7 Å². The molecule has 1 N–H and O–H groups in total. The van der Waals surface area contributed by atoms with Crippen LogP contribution in [0.25, 0.3) is 11.3 Å². The van der Waals surface area contributed by atoms with Gasteiger partial charge >= 0.3 is 0 Å². The molecule has 1 aliphatic carbocycles. The van der Waals surface area contributed by atoms with Crippen LogP contribution in [0.5, 0.6) is 0 Å². The molecule has 0 spiro atoms. The third-order valence-electron chi connectivity index (χ3n) is 3.75. The van der Waals surface area contributed by atoms with Crippen molar-refractivity contribution in [2.45, 2.75) is 18.9 Å². The van der Waals surface area contributed by atoms with E-state index in [1.165, 1.54) is 0 Å². The van der Waals surface area contributed by atoms with Crippen molar-refractivity contribution in [1.29, 1.82) is 0 Å². The van der Waals surface area contributed by atoms with Gasteiger partial charge in [-0.25, -0.2) is 0 Å². The predicted octanol–water partition coefficient (Wildman–Crippen LogP) is 3.00. The molecule has 0 aliphatic heterocycles. The summed E-state index contributed by atoms with van der Waals surface area (Å²) in [5.74, 6) is -0.126. The molecule has 0 atom stereocenters. The van der Waals surface area contributed by atoms with Gasteiger partial charge in [0.25, 0.3) is 5.91 Å². The van der Waals surface area contributed by atoms with Crippen LogP contribution in [0.1, 0.15) is 23.2 Å². The number of carbonyl (C=O) groups excluding carboxylic acids is 1. The summed E-state index contributed by atoms with van der Waals surface area (Å²) in [6.07, 6.45) is 3.69. The first-order chi connectivity index (χ1) is 10.7. The second kappa shape index (κ2) is 6.46. The maximum atomic E-state index is 12.7. The summed E-state index contributed by atoms with van der Waals surface area (Å²) >= 11 is 6.22. The highest BCUT2D eigenvalue weighted by Crippen LogP contribution is 2.31. The van der Waals surface area contributed by atoms with Gasteiger partial charge < -0.3 is 10.0 Å². The molecule has 0 radical (unpaired) electrons. The van der Waals surface area contributed by atoms with Crippen LogP contribution in [0, 0.1) is 0 Å². The van der Waals surface area contributed by atoms with Crippen LogP contribution >= 0.6 is 11.6 Å². The molecule has 2 aromatic rings. The highest BCUT2D eigenvalue weighted by molar-refractivity contribution is 6.34. The minimum Gasteiger partial charge on any atom is -0.395 e. The Bertz CT molecular complexity index is 672. The first-order valence-electron chi connectivity index (χ1n) is 7.33. The van der Waals surface area contributed by atoms with E-state index in [1.807, 2.05) is 24.3 Å². The van der Waals surface area contributed by atoms with Crippen molar-refractivity contribution >= 4 is 17.5 Å². The van der Waals surface area contributed by atoms with Crippen molar-refractivity contribution in [3.05, 3.63) is 53.2 Å². The van der Waals surface area contributed by atoms with Gasteiger partial charge in [-0.3, -0.25) is 9.78 Å². The second-order valence-corrected chi connectivity index (χ2v) is 5.77. The first-order valence-corrected chi connectivity index (χ1v) is 7.71. The Morgan fingerprint density at radius 3 is 2.77 bits per heavy atom. The monoisotopic (exact) mass is 316 g/mol. The van der Waals surface area contributed by atoms with Gasteiger partial charge in [0.15, 0.2) is 0 Å². The Morgan fingerprint density at radius 2 is 2.14 bits per heavy atom. The number of amides is 1. The zero-order chi connectivity index (χ0) is 15.5. The molecule has 5 heteroatoms. The number of halogens is 1. The number of hydrogen-bond donors (Lipinski definition) is 1. The normalized spacial score (nSPS) is 13.9. The molecular weight excluding hydrogens is 300 g/mol. The van der Waals surface area contributed by atoms with Crippen LogP contribution < -0.4 is 0 Å². The van der Waals surface area contributed by atoms with E-state index in [9.17, 15) is 9.90 Å². The maximum absolute atomic E-state index is 12.7. The van der Waals surface area contributed by atoms with Gasteiger partial charge in [-0.15, -0.1) is 0 Å². The fourth-order valence-electron chi connectivity index (χ4n) is 2.48.